The SMILES string of the molecule is Cc1cc(N2CCN(C(=O)c3cccc4c3OCCO4)CC2)nc(N2CCCCC2)n1. The lowest BCUT2D eigenvalue weighted by Gasteiger charge is -2.36. The fourth-order valence-corrected chi connectivity index (χ4v) is 4.49. The average Bonchev–Trinajstić information content (AvgIpc) is 2.83. The molecule has 1 aromatic carbocycles. The summed E-state index contributed by atoms with van der Waals surface area (Å²) in [6.45, 7) is 7.84. The number of hydrogen-bond acceptors (Lipinski definition) is 7. The highest BCUT2D eigenvalue weighted by molar-refractivity contribution is 5.98. The van der Waals surface area contributed by atoms with Gasteiger partial charge in [0.1, 0.15) is 19.0 Å². The number of piperazine rings is 1. The fourth-order valence-electron chi connectivity index (χ4n) is 4.49. The molecule has 2 saturated heterocycles. The van der Waals surface area contributed by atoms with E-state index in [9.17, 15) is 4.79 Å². The predicted molar refractivity (Wildman–Crippen MR) is 118 cm³/mol. The van der Waals surface area contributed by atoms with Crippen LogP contribution in [0.15, 0.2) is 24.3 Å². The fraction of sp³-hybridized carbons (Fsp3) is 0.522. The van der Waals surface area contributed by atoms with Gasteiger partial charge >= 0.3 is 0 Å². The van der Waals surface area contributed by atoms with Crippen LogP contribution in [0.2, 0.25) is 0 Å². The molecular formula is C23H29N5O3. The number of anilines is 2. The van der Waals surface area contributed by atoms with Gasteiger partial charge in [-0.2, -0.15) is 4.98 Å². The van der Waals surface area contributed by atoms with E-state index in [0.717, 1.165) is 43.6 Å². The Labute approximate surface area is 182 Å². The minimum atomic E-state index is -0.00475. The molecule has 3 aliphatic rings. The van der Waals surface area contributed by atoms with Gasteiger partial charge in [-0.15, -0.1) is 0 Å². The smallest absolute Gasteiger partial charge is 0.257 e. The first-order chi connectivity index (χ1) is 15.2. The average molecular weight is 424 g/mol. The molecule has 164 valence electrons. The van der Waals surface area contributed by atoms with Crippen LogP contribution >= 0.6 is 0 Å². The summed E-state index contributed by atoms with van der Waals surface area (Å²) in [5.41, 5.74) is 1.56. The molecular weight excluding hydrogens is 394 g/mol. The molecule has 1 aromatic heterocycles. The van der Waals surface area contributed by atoms with Crippen molar-refractivity contribution in [3.63, 3.8) is 0 Å². The Morgan fingerprint density at radius 2 is 1.68 bits per heavy atom. The number of carbonyl (C=O) groups is 1. The minimum Gasteiger partial charge on any atom is -0.486 e. The summed E-state index contributed by atoms with van der Waals surface area (Å²) < 4.78 is 11.4. The number of rotatable bonds is 3. The first-order valence-corrected chi connectivity index (χ1v) is 11.2. The molecule has 0 atom stereocenters. The zero-order chi connectivity index (χ0) is 21.2. The van der Waals surface area contributed by atoms with Gasteiger partial charge in [0.15, 0.2) is 11.5 Å². The molecule has 0 spiro atoms. The molecule has 3 aliphatic heterocycles. The van der Waals surface area contributed by atoms with Crippen LogP contribution in [0.1, 0.15) is 35.3 Å². The molecule has 1 amide bonds. The van der Waals surface area contributed by atoms with Crippen LogP contribution in [0.5, 0.6) is 11.5 Å². The van der Waals surface area contributed by atoms with E-state index < -0.39 is 0 Å². The molecule has 2 aromatic rings. The summed E-state index contributed by atoms with van der Waals surface area (Å²) in [5, 5.41) is 0. The van der Waals surface area contributed by atoms with E-state index in [1.54, 1.807) is 0 Å². The van der Waals surface area contributed by atoms with Gasteiger partial charge in [0, 0.05) is 51.0 Å². The molecule has 0 radical (unpaired) electrons. The van der Waals surface area contributed by atoms with Crippen molar-refractivity contribution in [1.29, 1.82) is 0 Å². The third-order valence-electron chi connectivity index (χ3n) is 6.16. The van der Waals surface area contributed by atoms with Crippen LogP contribution in [0.25, 0.3) is 0 Å². The summed E-state index contributed by atoms with van der Waals surface area (Å²) in [6.07, 6.45) is 3.68. The van der Waals surface area contributed by atoms with Gasteiger partial charge in [-0.05, 0) is 38.3 Å². The molecule has 4 heterocycles. The predicted octanol–water partition coefficient (Wildman–Crippen LogP) is 2.51. The van der Waals surface area contributed by atoms with Crippen molar-refractivity contribution in [3.05, 3.63) is 35.5 Å². The molecule has 0 bridgehead atoms. The Balaban J connectivity index is 1.28. The van der Waals surface area contributed by atoms with E-state index in [1.807, 2.05) is 36.1 Å². The third kappa shape index (κ3) is 4.11. The van der Waals surface area contributed by atoms with Gasteiger partial charge in [-0.1, -0.05) is 6.07 Å². The molecule has 5 rings (SSSR count). The van der Waals surface area contributed by atoms with Crippen molar-refractivity contribution in [1.82, 2.24) is 14.9 Å². The first-order valence-electron chi connectivity index (χ1n) is 11.2. The number of benzene rings is 1. The number of carbonyl (C=O) groups excluding carboxylic acids is 1. The molecule has 31 heavy (non-hydrogen) atoms. The van der Waals surface area contributed by atoms with Crippen molar-refractivity contribution in [2.24, 2.45) is 0 Å². The number of piperidine rings is 1. The number of hydrogen-bond donors (Lipinski definition) is 0. The standard InChI is InChI=1S/C23H29N5O3/c1-17-16-20(25-23(24-17)28-8-3-2-4-9-28)26-10-12-27(13-11-26)22(29)18-6-5-7-19-21(18)31-15-14-30-19/h5-7,16H,2-4,8-15H2,1H3. The van der Waals surface area contributed by atoms with E-state index >= 15 is 0 Å². The molecule has 0 saturated carbocycles. The molecule has 8 heteroatoms. The van der Waals surface area contributed by atoms with E-state index in [1.165, 1.54) is 19.3 Å². The van der Waals surface area contributed by atoms with Crippen LogP contribution in [-0.4, -0.2) is 73.3 Å². The van der Waals surface area contributed by atoms with Crippen LogP contribution < -0.4 is 19.3 Å². The van der Waals surface area contributed by atoms with Gasteiger partial charge in [0.05, 0.1) is 5.56 Å². The zero-order valence-corrected chi connectivity index (χ0v) is 18.0. The number of aromatic nitrogens is 2. The Kier molecular flexibility index (Phi) is 5.53. The molecule has 2 fully saturated rings. The van der Waals surface area contributed by atoms with Crippen LogP contribution in [-0.2, 0) is 0 Å². The van der Waals surface area contributed by atoms with Gasteiger partial charge in [0.25, 0.3) is 5.91 Å². The van der Waals surface area contributed by atoms with E-state index in [0.29, 0.717) is 43.4 Å². The maximum Gasteiger partial charge on any atom is 0.257 e. The molecule has 0 aliphatic carbocycles. The molecule has 0 N–H and O–H groups in total. The number of para-hydroxylation sites is 1. The second kappa shape index (κ2) is 8.61. The normalized spacial score (nSPS) is 18.8. The monoisotopic (exact) mass is 423 g/mol. The first kappa shape index (κ1) is 19.9. The number of ether oxygens (including phenoxy) is 2. The van der Waals surface area contributed by atoms with Crippen LogP contribution in [0, 0.1) is 6.92 Å². The van der Waals surface area contributed by atoms with Crippen LogP contribution in [0.3, 0.4) is 0 Å². The number of nitrogens with zero attached hydrogens (tertiary/aromatic N) is 5. The summed E-state index contributed by atoms with van der Waals surface area (Å²) in [6, 6.07) is 7.56. The van der Waals surface area contributed by atoms with E-state index in [2.05, 4.69) is 14.8 Å². The second-order valence-corrected chi connectivity index (χ2v) is 8.32. The lowest BCUT2D eigenvalue weighted by molar-refractivity contribution is 0.0736. The van der Waals surface area contributed by atoms with Gasteiger partial charge in [-0.25, -0.2) is 4.98 Å². The highest BCUT2D eigenvalue weighted by atomic mass is 16.6. The highest BCUT2D eigenvalue weighted by Gasteiger charge is 2.28. The summed E-state index contributed by atoms with van der Waals surface area (Å²) in [5.74, 6) is 3.00. The summed E-state index contributed by atoms with van der Waals surface area (Å²) in [4.78, 5) is 29.2. The van der Waals surface area contributed by atoms with Crippen molar-refractivity contribution in [2.75, 3.05) is 62.3 Å². The van der Waals surface area contributed by atoms with Crippen molar-refractivity contribution < 1.29 is 14.3 Å². The Morgan fingerprint density at radius 1 is 0.903 bits per heavy atom. The lowest BCUT2D eigenvalue weighted by atomic mass is 10.1. The van der Waals surface area contributed by atoms with Crippen molar-refractivity contribution >= 4 is 17.7 Å². The second-order valence-electron chi connectivity index (χ2n) is 8.32. The van der Waals surface area contributed by atoms with E-state index in [4.69, 9.17) is 14.5 Å². The summed E-state index contributed by atoms with van der Waals surface area (Å²) in [7, 11) is 0. The maximum absolute atomic E-state index is 13.2. The quantitative estimate of drug-likeness (QED) is 0.751. The Hall–Kier alpha value is -3.03. The zero-order valence-electron chi connectivity index (χ0n) is 18.0. The topological polar surface area (TPSA) is 71.0 Å². The molecule has 0 unspecified atom stereocenters. The number of aryl methyl sites for hydroxylation is 1. The third-order valence-corrected chi connectivity index (χ3v) is 6.16. The lowest BCUT2D eigenvalue weighted by Crippen LogP contribution is -2.49. The largest absolute Gasteiger partial charge is 0.486 e. The molecule has 8 nitrogen and oxygen atoms in total. The number of amides is 1. The van der Waals surface area contributed by atoms with Gasteiger partial charge < -0.3 is 24.2 Å². The van der Waals surface area contributed by atoms with Crippen molar-refractivity contribution in [3.8, 4) is 11.5 Å². The van der Waals surface area contributed by atoms with Gasteiger partial charge in [0.2, 0.25) is 5.95 Å². The maximum atomic E-state index is 13.2. The Morgan fingerprint density at radius 3 is 2.48 bits per heavy atom. The highest BCUT2D eigenvalue weighted by Crippen LogP contribution is 2.34. The number of fused-ring (bicyclic) bond motifs is 1. The Bertz CT molecular complexity index is 952. The summed E-state index contributed by atoms with van der Waals surface area (Å²) >= 11 is 0. The van der Waals surface area contributed by atoms with Gasteiger partial charge in [-0.3, -0.25) is 4.79 Å². The minimum absolute atomic E-state index is 0.00475. The van der Waals surface area contributed by atoms with Crippen molar-refractivity contribution in [2.45, 2.75) is 26.2 Å². The van der Waals surface area contributed by atoms with Crippen LogP contribution in [0.4, 0.5) is 11.8 Å². The van der Waals surface area contributed by atoms with E-state index in [-0.39, 0.29) is 5.91 Å².